The van der Waals surface area contributed by atoms with Gasteiger partial charge in [-0.05, 0) is 43.2 Å². The molecule has 0 bridgehead atoms. The molecular formula is C25H26FN7O. The summed E-state index contributed by atoms with van der Waals surface area (Å²) in [6, 6.07) is 12.0. The molecule has 1 atom stereocenters. The number of halogens is 1. The van der Waals surface area contributed by atoms with Gasteiger partial charge in [0.25, 0.3) is 0 Å². The fourth-order valence-corrected chi connectivity index (χ4v) is 3.71. The van der Waals surface area contributed by atoms with Crippen LogP contribution in [0.15, 0.2) is 74.1 Å². The lowest BCUT2D eigenvalue weighted by Crippen LogP contribution is -2.11. The summed E-state index contributed by atoms with van der Waals surface area (Å²) in [6.45, 7) is 10.0. The zero-order valence-electron chi connectivity index (χ0n) is 19.1. The summed E-state index contributed by atoms with van der Waals surface area (Å²) in [5.41, 5.74) is 2.45. The van der Waals surface area contributed by atoms with E-state index in [0.717, 1.165) is 22.8 Å². The van der Waals surface area contributed by atoms with Gasteiger partial charge in [0, 0.05) is 17.7 Å². The van der Waals surface area contributed by atoms with E-state index in [4.69, 9.17) is 9.72 Å². The van der Waals surface area contributed by atoms with Crippen molar-refractivity contribution in [3.05, 3.63) is 97.1 Å². The van der Waals surface area contributed by atoms with Crippen molar-refractivity contribution in [1.82, 2.24) is 29.5 Å². The van der Waals surface area contributed by atoms with Crippen molar-refractivity contribution in [3.63, 3.8) is 0 Å². The predicted molar refractivity (Wildman–Crippen MR) is 129 cm³/mol. The highest BCUT2D eigenvalue weighted by molar-refractivity contribution is 5.61. The van der Waals surface area contributed by atoms with Gasteiger partial charge in [0.15, 0.2) is 0 Å². The van der Waals surface area contributed by atoms with Crippen LogP contribution in [0, 0.1) is 12.7 Å². The molecule has 0 saturated heterocycles. The Balaban J connectivity index is 1.66. The number of allylic oxidation sites excluding steroid dienone is 2. The van der Waals surface area contributed by atoms with Gasteiger partial charge in [-0.15, -0.1) is 18.3 Å². The minimum atomic E-state index is -0.283. The second-order valence-electron chi connectivity index (χ2n) is 7.64. The third kappa shape index (κ3) is 4.88. The maximum absolute atomic E-state index is 13.5. The van der Waals surface area contributed by atoms with Crippen molar-refractivity contribution < 1.29 is 9.13 Å². The Morgan fingerprint density at radius 3 is 2.56 bits per heavy atom. The lowest BCUT2D eigenvalue weighted by molar-refractivity contribution is 0.412. The number of anilines is 2. The van der Waals surface area contributed by atoms with E-state index in [9.17, 15) is 4.39 Å². The average molecular weight is 460 g/mol. The molecule has 0 radical (unpaired) electrons. The van der Waals surface area contributed by atoms with Crippen LogP contribution in [0.1, 0.15) is 29.6 Å². The van der Waals surface area contributed by atoms with Crippen LogP contribution in [-0.4, -0.2) is 36.6 Å². The van der Waals surface area contributed by atoms with E-state index in [0.29, 0.717) is 30.5 Å². The number of rotatable bonds is 10. The molecule has 4 rings (SSSR count). The molecule has 1 unspecified atom stereocenters. The first-order valence-electron chi connectivity index (χ1n) is 10.8. The van der Waals surface area contributed by atoms with E-state index in [1.165, 1.54) is 12.1 Å². The summed E-state index contributed by atoms with van der Waals surface area (Å²) in [7, 11) is 1.60. The van der Waals surface area contributed by atoms with Gasteiger partial charge in [-0.3, -0.25) is 0 Å². The Bertz CT molecular complexity index is 1290. The number of hydrogen-bond donors (Lipinski definition) is 1. The van der Waals surface area contributed by atoms with Gasteiger partial charge in [-0.2, -0.15) is 10.1 Å². The quantitative estimate of drug-likeness (QED) is 0.338. The van der Waals surface area contributed by atoms with Gasteiger partial charge >= 0.3 is 0 Å². The molecule has 2 aromatic heterocycles. The first kappa shape index (κ1) is 22.9. The monoisotopic (exact) mass is 459 g/mol. The Hall–Kier alpha value is -4.27. The minimum Gasteiger partial charge on any atom is -0.494 e. The summed E-state index contributed by atoms with van der Waals surface area (Å²) in [6.07, 6.45) is 5.85. The normalized spacial score (nSPS) is 11.7. The highest BCUT2D eigenvalue weighted by Gasteiger charge is 2.21. The molecule has 0 amide bonds. The molecule has 1 N–H and O–H groups in total. The summed E-state index contributed by atoms with van der Waals surface area (Å²) >= 11 is 0. The molecule has 34 heavy (non-hydrogen) atoms. The van der Waals surface area contributed by atoms with Crippen LogP contribution in [0.25, 0.3) is 5.69 Å². The van der Waals surface area contributed by atoms with Crippen molar-refractivity contribution in [2.75, 3.05) is 12.4 Å². The van der Waals surface area contributed by atoms with Crippen molar-refractivity contribution in [3.8, 4) is 11.4 Å². The molecule has 0 spiro atoms. The van der Waals surface area contributed by atoms with E-state index in [1.807, 2.05) is 31.2 Å². The van der Waals surface area contributed by atoms with Crippen molar-refractivity contribution in [2.45, 2.75) is 25.8 Å². The van der Waals surface area contributed by atoms with Gasteiger partial charge in [0.1, 0.15) is 35.2 Å². The molecule has 174 valence electrons. The number of nitrogens with zero attached hydrogens (tertiary/aromatic N) is 6. The molecule has 0 aliphatic rings. The van der Waals surface area contributed by atoms with Crippen LogP contribution >= 0.6 is 0 Å². The largest absolute Gasteiger partial charge is 0.494 e. The summed E-state index contributed by atoms with van der Waals surface area (Å²) in [5.74, 6) is 2.04. The van der Waals surface area contributed by atoms with E-state index >= 15 is 0 Å². The molecule has 4 aromatic rings. The number of ether oxygens (including phenoxy) is 1. The van der Waals surface area contributed by atoms with Crippen LogP contribution in [0.2, 0.25) is 0 Å². The van der Waals surface area contributed by atoms with Gasteiger partial charge in [0.2, 0.25) is 5.95 Å². The standard InChI is InChI=1S/C25H26FN7O/c1-5-7-21(18-8-10-19(26)11-9-18)24-29-25(31-32(24)14-6-2)28-20-12-13-22(23(15-20)34-4)33-16-27-17(3)30-33/h5-6,8-13,15-16,21H,1-2,7,14H2,3-4H3,(H,28,31). The number of hydrogen-bond acceptors (Lipinski definition) is 6. The van der Waals surface area contributed by atoms with Gasteiger partial charge in [-0.1, -0.05) is 24.3 Å². The molecule has 8 nitrogen and oxygen atoms in total. The summed E-state index contributed by atoms with van der Waals surface area (Å²) in [4.78, 5) is 8.94. The van der Waals surface area contributed by atoms with E-state index < -0.39 is 0 Å². The summed E-state index contributed by atoms with van der Waals surface area (Å²) in [5, 5.41) is 12.2. The average Bonchev–Trinajstić information content (AvgIpc) is 3.44. The molecule has 0 aliphatic heterocycles. The number of nitrogens with one attached hydrogen (secondary N) is 1. The van der Waals surface area contributed by atoms with Crippen LogP contribution in [-0.2, 0) is 6.54 Å². The second-order valence-corrected chi connectivity index (χ2v) is 7.64. The Morgan fingerprint density at radius 1 is 1.12 bits per heavy atom. The fraction of sp³-hybridized carbons (Fsp3) is 0.200. The minimum absolute atomic E-state index is 0.131. The highest BCUT2D eigenvalue weighted by atomic mass is 19.1. The van der Waals surface area contributed by atoms with Gasteiger partial charge in [-0.25, -0.2) is 18.7 Å². The SMILES string of the molecule is C=CCC(c1ccc(F)cc1)c1nc(Nc2ccc(-n3cnc(C)n3)c(OC)c2)nn1CC=C. The van der Waals surface area contributed by atoms with E-state index in [2.05, 4.69) is 33.7 Å². The smallest absolute Gasteiger partial charge is 0.246 e. The van der Waals surface area contributed by atoms with Crippen LogP contribution in [0.3, 0.4) is 0 Å². The number of benzene rings is 2. The fourth-order valence-electron chi connectivity index (χ4n) is 3.71. The third-order valence-electron chi connectivity index (χ3n) is 5.28. The lowest BCUT2D eigenvalue weighted by atomic mass is 9.95. The number of methoxy groups -OCH3 is 1. The Kier molecular flexibility index (Phi) is 6.82. The summed E-state index contributed by atoms with van der Waals surface area (Å²) < 4.78 is 22.5. The van der Waals surface area contributed by atoms with Gasteiger partial charge in [0.05, 0.1) is 13.7 Å². The predicted octanol–water partition coefficient (Wildman–Crippen LogP) is 4.95. The number of aryl methyl sites for hydroxylation is 1. The molecule has 0 aliphatic carbocycles. The van der Waals surface area contributed by atoms with Crippen molar-refractivity contribution in [2.24, 2.45) is 0 Å². The zero-order chi connectivity index (χ0) is 24.1. The van der Waals surface area contributed by atoms with Crippen LogP contribution < -0.4 is 10.1 Å². The van der Waals surface area contributed by atoms with Crippen LogP contribution in [0.5, 0.6) is 5.75 Å². The Labute approximate surface area is 197 Å². The Morgan fingerprint density at radius 2 is 1.91 bits per heavy atom. The molecule has 0 saturated carbocycles. The first-order valence-corrected chi connectivity index (χ1v) is 10.8. The molecular weight excluding hydrogens is 433 g/mol. The second kappa shape index (κ2) is 10.1. The zero-order valence-corrected chi connectivity index (χ0v) is 19.1. The molecule has 9 heteroatoms. The number of aromatic nitrogens is 6. The molecule has 0 fully saturated rings. The highest BCUT2D eigenvalue weighted by Crippen LogP contribution is 2.30. The maximum Gasteiger partial charge on any atom is 0.246 e. The van der Waals surface area contributed by atoms with E-state index in [-0.39, 0.29) is 11.7 Å². The topological polar surface area (TPSA) is 82.7 Å². The molecule has 2 aromatic carbocycles. The third-order valence-corrected chi connectivity index (χ3v) is 5.28. The maximum atomic E-state index is 13.5. The van der Waals surface area contributed by atoms with E-state index in [1.54, 1.807) is 41.0 Å². The first-order chi connectivity index (χ1) is 16.5. The van der Waals surface area contributed by atoms with Crippen molar-refractivity contribution in [1.29, 1.82) is 0 Å². The lowest BCUT2D eigenvalue weighted by Gasteiger charge is -2.15. The molecule has 2 heterocycles. The van der Waals surface area contributed by atoms with Crippen LogP contribution in [0.4, 0.5) is 16.0 Å². The van der Waals surface area contributed by atoms with Crippen molar-refractivity contribution >= 4 is 11.6 Å². The van der Waals surface area contributed by atoms with Gasteiger partial charge < -0.3 is 10.1 Å².